The van der Waals surface area contributed by atoms with Crippen LogP contribution in [0.3, 0.4) is 0 Å². The first-order valence-electron chi connectivity index (χ1n) is 7.75. The number of rotatable bonds is 5. The third-order valence-corrected chi connectivity index (χ3v) is 3.93. The minimum Gasteiger partial charge on any atom is -0.493 e. The summed E-state index contributed by atoms with van der Waals surface area (Å²) in [6.07, 6.45) is 1.88. The Kier molecular flexibility index (Phi) is 5.02. The van der Waals surface area contributed by atoms with Crippen molar-refractivity contribution in [1.29, 1.82) is 0 Å². The molecule has 3 rings (SSSR count). The number of pyridine rings is 1. The quantitative estimate of drug-likeness (QED) is 0.625. The highest BCUT2D eigenvalue weighted by Gasteiger charge is 2.06. The zero-order valence-electron chi connectivity index (χ0n) is 13.6. The number of aromatic nitrogens is 1. The van der Waals surface area contributed by atoms with Gasteiger partial charge in [-0.3, -0.25) is 0 Å². The normalized spacial score (nSPS) is 11.5. The van der Waals surface area contributed by atoms with Gasteiger partial charge in [-0.25, -0.2) is 4.98 Å². The summed E-state index contributed by atoms with van der Waals surface area (Å²) in [4.78, 5) is 4.61. The van der Waals surface area contributed by atoms with Gasteiger partial charge in [-0.15, -0.1) is 0 Å². The Balaban J connectivity index is 1.95. The van der Waals surface area contributed by atoms with E-state index in [2.05, 4.69) is 4.98 Å². The maximum atomic E-state index is 6.47. The monoisotopic (exact) mass is 339 g/mol. The molecule has 1 heterocycles. The fourth-order valence-electron chi connectivity index (χ4n) is 2.47. The molecule has 24 heavy (non-hydrogen) atoms. The zero-order chi connectivity index (χ0) is 16.9. The molecule has 2 aromatic carbocycles. The Morgan fingerprint density at radius 3 is 2.71 bits per heavy atom. The highest BCUT2D eigenvalue weighted by atomic mass is 35.5. The molecule has 0 saturated carbocycles. The highest BCUT2D eigenvalue weighted by molar-refractivity contribution is 6.51. The van der Waals surface area contributed by atoms with Crippen LogP contribution in [0.1, 0.15) is 18.2 Å². The van der Waals surface area contributed by atoms with E-state index in [1.54, 1.807) is 7.11 Å². The molecule has 0 N–H and O–H groups in total. The van der Waals surface area contributed by atoms with Crippen molar-refractivity contribution in [3.8, 4) is 11.5 Å². The van der Waals surface area contributed by atoms with Gasteiger partial charge in [0.25, 0.3) is 0 Å². The van der Waals surface area contributed by atoms with Crippen LogP contribution in [0.5, 0.6) is 11.5 Å². The first-order chi connectivity index (χ1) is 11.7. The van der Waals surface area contributed by atoms with Gasteiger partial charge in [0.15, 0.2) is 11.5 Å². The Morgan fingerprint density at radius 2 is 1.92 bits per heavy atom. The minimum atomic E-state index is 0.573. The van der Waals surface area contributed by atoms with E-state index in [9.17, 15) is 0 Å². The van der Waals surface area contributed by atoms with Gasteiger partial charge in [0.1, 0.15) is 0 Å². The number of nitrogens with zero attached hydrogens (tertiary/aromatic N) is 1. The molecule has 0 bridgehead atoms. The SMILES string of the molecule is CCOc1cc(/C=C(\Cl)c2ccc3ccccc3n2)ccc1OC. The van der Waals surface area contributed by atoms with E-state index in [1.165, 1.54) is 0 Å². The van der Waals surface area contributed by atoms with Crippen LogP contribution in [0.2, 0.25) is 0 Å². The highest BCUT2D eigenvalue weighted by Crippen LogP contribution is 2.30. The number of para-hydroxylation sites is 1. The summed E-state index contributed by atoms with van der Waals surface area (Å²) in [5.74, 6) is 1.40. The summed E-state index contributed by atoms with van der Waals surface area (Å²) < 4.78 is 10.9. The molecule has 0 unspecified atom stereocenters. The Morgan fingerprint density at radius 1 is 1.08 bits per heavy atom. The standard InChI is InChI=1S/C20H18ClNO2/c1-3-24-20-13-14(8-11-19(20)23-2)12-16(21)18-10-9-15-6-4-5-7-17(15)22-18/h4-13H,3H2,1-2H3/b16-12-. The molecule has 4 heteroatoms. The number of hydrogen-bond acceptors (Lipinski definition) is 3. The van der Waals surface area contributed by atoms with E-state index < -0.39 is 0 Å². The lowest BCUT2D eigenvalue weighted by Crippen LogP contribution is -1.95. The molecule has 0 fully saturated rings. The fraction of sp³-hybridized carbons (Fsp3) is 0.150. The van der Waals surface area contributed by atoms with Crippen molar-refractivity contribution in [2.45, 2.75) is 6.92 Å². The van der Waals surface area contributed by atoms with Gasteiger partial charge in [-0.1, -0.05) is 41.9 Å². The van der Waals surface area contributed by atoms with Crippen molar-refractivity contribution in [1.82, 2.24) is 4.98 Å². The predicted octanol–water partition coefficient (Wildman–Crippen LogP) is 5.38. The zero-order valence-corrected chi connectivity index (χ0v) is 14.4. The average Bonchev–Trinajstić information content (AvgIpc) is 2.62. The van der Waals surface area contributed by atoms with Gasteiger partial charge in [-0.2, -0.15) is 0 Å². The average molecular weight is 340 g/mol. The largest absolute Gasteiger partial charge is 0.493 e. The maximum absolute atomic E-state index is 6.47. The van der Waals surface area contributed by atoms with Gasteiger partial charge in [0.2, 0.25) is 0 Å². The first kappa shape index (κ1) is 16.3. The maximum Gasteiger partial charge on any atom is 0.161 e. The van der Waals surface area contributed by atoms with E-state index in [0.717, 1.165) is 22.2 Å². The smallest absolute Gasteiger partial charge is 0.161 e. The number of halogens is 1. The minimum absolute atomic E-state index is 0.573. The number of hydrogen-bond donors (Lipinski definition) is 0. The van der Waals surface area contributed by atoms with Crippen molar-refractivity contribution >= 4 is 33.6 Å². The van der Waals surface area contributed by atoms with Crippen LogP contribution < -0.4 is 9.47 Å². The molecule has 0 atom stereocenters. The van der Waals surface area contributed by atoms with Gasteiger partial charge in [0.05, 0.1) is 30.0 Å². The number of benzene rings is 2. The topological polar surface area (TPSA) is 31.4 Å². The second-order valence-electron chi connectivity index (χ2n) is 5.22. The van der Waals surface area contributed by atoms with Crippen LogP contribution in [0.25, 0.3) is 22.0 Å². The fourth-order valence-corrected chi connectivity index (χ4v) is 2.70. The lowest BCUT2D eigenvalue weighted by atomic mass is 10.1. The molecular weight excluding hydrogens is 322 g/mol. The van der Waals surface area contributed by atoms with Gasteiger partial charge >= 0.3 is 0 Å². The lowest BCUT2D eigenvalue weighted by molar-refractivity contribution is 0.311. The van der Waals surface area contributed by atoms with Crippen molar-refractivity contribution < 1.29 is 9.47 Å². The molecule has 0 aliphatic carbocycles. The summed E-state index contributed by atoms with van der Waals surface area (Å²) in [5, 5.41) is 1.67. The molecule has 3 nitrogen and oxygen atoms in total. The molecule has 0 spiro atoms. The number of ether oxygens (including phenoxy) is 2. The van der Waals surface area contributed by atoms with E-state index in [4.69, 9.17) is 21.1 Å². The summed E-state index contributed by atoms with van der Waals surface area (Å²) in [5.41, 5.74) is 2.59. The lowest BCUT2D eigenvalue weighted by Gasteiger charge is -2.10. The van der Waals surface area contributed by atoms with E-state index in [0.29, 0.717) is 23.1 Å². The Hall–Kier alpha value is -2.52. The van der Waals surface area contributed by atoms with Crippen LogP contribution in [-0.2, 0) is 0 Å². The predicted molar refractivity (Wildman–Crippen MR) is 99.6 cm³/mol. The molecule has 0 aliphatic rings. The van der Waals surface area contributed by atoms with Gasteiger partial charge < -0.3 is 9.47 Å². The van der Waals surface area contributed by atoms with Crippen molar-refractivity contribution in [2.24, 2.45) is 0 Å². The van der Waals surface area contributed by atoms with E-state index in [1.807, 2.05) is 67.6 Å². The van der Waals surface area contributed by atoms with Crippen LogP contribution in [-0.4, -0.2) is 18.7 Å². The summed E-state index contributed by atoms with van der Waals surface area (Å²) in [6.45, 7) is 2.51. The van der Waals surface area contributed by atoms with Gasteiger partial charge in [0, 0.05) is 5.39 Å². The van der Waals surface area contributed by atoms with Crippen LogP contribution in [0, 0.1) is 0 Å². The molecular formula is C20H18ClNO2. The number of fused-ring (bicyclic) bond motifs is 1. The first-order valence-corrected chi connectivity index (χ1v) is 8.13. The molecule has 0 aliphatic heterocycles. The van der Waals surface area contributed by atoms with Crippen molar-refractivity contribution in [3.63, 3.8) is 0 Å². The van der Waals surface area contributed by atoms with Crippen molar-refractivity contribution in [2.75, 3.05) is 13.7 Å². The summed E-state index contributed by atoms with van der Waals surface area (Å²) >= 11 is 6.47. The summed E-state index contributed by atoms with van der Waals surface area (Å²) in [7, 11) is 1.62. The van der Waals surface area contributed by atoms with E-state index in [-0.39, 0.29) is 0 Å². The van der Waals surface area contributed by atoms with E-state index >= 15 is 0 Å². The van der Waals surface area contributed by atoms with Gasteiger partial charge in [-0.05, 0) is 42.8 Å². The molecule has 1 aromatic heterocycles. The van der Waals surface area contributed by atoms with Crippen LogP contribution >= 0.6 is 11.6 Å². The molecule has 122 valence electrons. The molecule has 3 aromatic rings. The second-order valence-corrected chi connectivity index (χ2v) is 5.63. The number of methoxy groups -OCH3 is 1. The second kappa shape index (κ2) is 7.37. The third-order valence-electron chi connectivity index (χ3n) is 3.62. The third kappa shape index (κ3) is 3.52. The van der Waals surface area contributed by atoms with Crippen LogP contribution in [0.4, 0.5) is 0 Å². The molecule has 0 radical (unpaired) electrons. The molecule has 0 amide bonds. The van der Waals surface area contributed by atoms with Crippen molar-refractivity contribution in [3.05, 3.63) is 65.9 Å². The summed E-state index contributed by atoms with van der Waals surface area (Å²) in [6, 6.07) is 17.6. The van der Waals surface area contributed by atoms with Crippen LogP contribution in [0.15, 0.2) is 54.6 Å². The molecule has 0 saturated heterocycles. The Labute approximate surface area is 146 Å². The Bertz CT molecular complexity index is 890.